The summed E-state index contributed by atoms with van der Waals surface area (Å²) in [6, 6.07) is 17.8. The molecule has 222 valence electrons. The monoisotopic (exact) mass is 568 g/mol. The topological polar surface area (TPSA) is 148 Å². The maximum atomic E-state index is 13.3. The summed E-state index contributed by atoms with van der Waals surface area (Å²) in [6.07, 6.45) is 1.77. The average molecular weight is 569 g/mol. The highest BCUT2D eigenvalue weighted by atomic mass is 16.6. The molecule has 0 bridgehead atoms. The zero-order valence-corrected chi connectivity index (χ0v) is 23.8. The number of aryl methyl sites for hydroxylation is 1. The van der Waals surface area contributed by atoms with E-state index in [1.807, 2.05) is 74.5 Å². The third kappa shape index (κ3) is 14.1. The summed E-state index contributed by atoms with van der Waals surface area (Å²) in [4.78, 5) is 60.3. The van der Waals surface area contributed by atoms with E-state index in [4.69, 9.17) is 4.74 Å². The number of benzene rings is 2. The molecule has 3 amide bonds. The van der Waals surface area contributed by atoms with Crippen LogP contribution in [-0.2, 0) is 32.1 Å². The number of hydrogen-bond donors (Lipinski definition) is 2. The molecule has 41 heavy (non-hydrogen) atoms. The molecule has 0 saturated carbocycles. The Morgan fingerprint density at radius 2 is 1.54 bits per heavy atom. The minimum atomic E-state index is -0.859. The number of hydrogen-bond acceptors (Lipinski definition) is 7. The van der Waals surface area contributed by atoms with Crippen LogP contribution in [0.4, 0.5) is 4.79 Å². The Morgan fingerprint density at radius 3 is 2.15 bits per heavy atom. The fourth-order valence-corrected chi connectivity index (χ4v) is 4.06. The molecule has 0 aliphatic rings. The molecule has 0 saturated heterocycles. The maximum Gasteiger partial charge on any atom is 0.429 e. The van der Waals surface area contributed by atoms with E-state index in [-0.39, 0.29) is 37.8 Å². The Balaban J connectivity index is 1.99. The van der Waals surface area contributed by atoms with Gasteiger partial charge in [0.05, 0.1) is 0 Å². The summed E-state index contributed by atoms with van der Waals surface area (Å²) in [5.74, 6) is -1.17. The molecule has 2 aromatic rings. The molecule has 2 aromatic carbocycles. The van der Waals surface area contributed by atoms with Crippen molar-refractivity contribution in [2.45, 2.75) is 71.4 Å². The number of ether oxygens (including phenoxy) is 1. The van der Waals surface area contributed by atoms with Gasteiger partial charge in [-0.2, -0.15) is 0 Å². The first-order valence-corrected chi connectivity index (χ1v) is 13.9. The SMILES string of the molecule is CC(C)C[C@H](NC(=O)CCc1ccccc1)C(=O)NN(CCCCCC(=O)C[N+](=O)[O-])C(=O)OCc1ccccc1. The predicted octanol–water partition coefficient (Wildman–Crippen LogP) is 4.23. The molecular weight excluding hydrogens is 528 g/mol. The van der Waals surface area contributed by atoms with Crippen LogP contribution in [0.1, 0.15) is 63.5 Å². The normalized spacial score (nSPS) is 11.4. The van der Waals surface area contributed by atoms with Crippen LogP contribution in [0.15, 0.2) is 60.7 Å². The Bertz CT molecular complexity index is 1130. The summed E-state index contributed by atoms with van der Waals surface area (Å²) in [5.41, 5.74) is 4.40. The van der Waals surface area contributed by atoms with E-state index in [0.717, 1.165) is 16.1 Å². The number of rotatable bonds is 17. The average Bonchev–Trinajstić information content (AvgIpc) is 2.94. The van der Waals surface area contributed by atoms with Crippen LogP contribution in [0.2, 0.25) is 0 Å². The third-order valence-electron chi connectivity index (χ3n) is 6.16. The number of amides is 3. The Hall–Kier alpha value is -4.28. The fraction of sp³-hybridized carbons (Fsp3) is 0.467. The quantitative estimate of drug-likeness (QED) is 0.165. The van der Waals surface area contributed by atoms with Crippen LogP contribution in [0.3, 0.4) is 0 Å². The number of nitrogens with zero attached hydrogens (tertiary/aromatic N) is 2. The molecule has 11 heteroatoms. The molecule has 0 aliphatic heterocycles. The van der Waals surface area contributed by atoms with Crippen molar-refractivity contribution in [1.82, 2.24) is 15.8 Å². The molecule has 0 radical (unpaired) electrons. The largest absolute Gasteiger partial charge is 0.443 e. The van der Waals surface area contributed by atoms with Gasteiger partial charge in [-0.1, -0.05) is 80.9 Å². The lowest BCUT2D eigenvalue weighted by molar-refractivity contribution is -0.467. The number of hydrazine groups is 1. The van der Waals surface area contributed by atoms with Gasteiger partial charge in [0.25, 0.3) is 12.5 Å². The molecule has 2 N–H and O–H groups in total. The minimum absolute atomic E-state index is 0.00702. The van der Waals surface area contributed by atoms with E-state index < -0.39 is 35.3 Å². The number of nitro groups is 1. The van der Waals surface area contributed by atoms with Gasteiger partial charge < -0.3 is 10.1 Å². The van der Waals surface area contributed by atoms with E-state index in [0.29, 0.717) is 32.1 Å². The smallest absolute Gasteiger partial charge is 0.429 e. The highest BCUT2D eigenvalue weighted by Crippen LogP contribution is 2.10. The maximum absolute atomic E-state index is 13.3. The number of Topliss-reactive ketones (excluding diaryl/α,β-unsaturated/α-hetero) is 1. The summed E-state index contributed by atoms with van der Waals surface area (Å²) >= 11 is 0. The van der Waals surface area contributed by atoms with Gasteiger partial charge in [0.2, 0.25) is 11.7 Å². The van der Waals surface area contributed by atoms with E-state index in [1.165, 1.54) is 0 Å². The van der Waals surface area contributed by atoms with Crippen molar-refractivity contribution in [2.75, 3.05) is 13.1 Å². The molecule has 0 aliphatic carbocycles. The first-order valence-electron chi connectivity index (χ1n) is 13.9. The number of unbranched alkanes of at least 4 members (excludes halogenated alkanes) is 2. The molecule has 0 unspecified atom stereocenters. The van der Waals surface area contributed by atoms with Gasteiger partial charge in [-0.25, -0.2) is 9.80 Å². The number of carbonyl (C=O) groups excluding carboxylic acids is 4. The van der Waals surface area contributed by atoms with Crippen molar-refractivity contribution >= 4 is 23.7 Å². The number of nitrogens with one attached hydrogen (secondary N) is 2. The van der Waals surface area contributed by atoms with Crippen LogP contribution in [0.5, 0.6) is 0 Å². The van der Waals surface area contributed by atoms with Crippen LogP contribution in [0.25, 0.3) is 0 Å². The molecule has 0 fully saturated rings. The number of carbonyl (C=O) groups is 4. The Kier molecular flexibility index (Phi) is 14.6. The van der Waals surface area contributed by atoms with Gasteiger partial charge in [0.1, 0.15) is 12.6 Å². The van der Waals surface area contributed by atoms with E-state index in [9.17, 15) is 29.3 Å². The first kappa shape index (κ1) is 32.9. The Morgan fingerprint density at radius 1 is 0.902 bits per heavy atom. The van der Waals surface area contributed by atoms with Gasteiger partial charge in [0, 0.05) is 24.3 Å². The van der Waals surface area contributed by atoms with Crippen molar-refractivity contribution in [2.24, 2.45) is 5.92 Å². The van der Waals surface area contributed by atoms with Crippen molar-refractivity contribution in [3.8, 4) is 0 Å². The zero-order valence-electron chi connectivity index (χ0n) is 23.8. The zero-order chi connectivity index (χ0) is 30.0. The van der Waals surface area contributed by atoms with Crippen molar-refractivity contribution in [3.63, 3.8) is 0 Å². The van der Waals surface area contributed by atoms with Crippen LogP contribution in [0, 0.1) is 16.0 Å². The first-order chi connectivity index (χ1) is 19.6. The molecule has 0 heterocycles. The second-order valence-corrected chi connectivity index (χ2v) is 10.2. The van der Waals surface area contributed by atoms with Crippen molar-refractivity contribution in [3.05, 3.63) is 81.9 Å². The molecule has 2 rings (SSSR count). The van der Waals surface area contributed by atoms with E-state index in [2.05, 4.69) is 10.7 Å². The lowest BCUT2D eigenvalue weighted by Crippen LogP contribution is -2.54. The lowest BCUT2D eigenvalue weighted by atomic mass is 10.0. The second kappa shape index (κ2) is 18.1. The Labute approximate surface area is 240 Å². The van der Waals surface area contributed by atoms with Gasteiger partial charge in [-0.3, -0.25) is 29.9 Å². The van der Waals surface area contributed by atoms with E-state index in [1.54, 1.807) is 0 Å². The minimum Gasteiger partial charge on any atom is -0.443 e. The standard InChI is InChI=1S/C30H40N4O7/c1-23(2)20-27(31-28(36)18-17-24-12-6-3-7-13-24)29(37)32-33(19-11-5-10-16-26(35)21-34(39)40)30(38)41-22-25-14-8-4-9-15-25/h3-4,6-9,12-15,23,27H,5,10-11,16-22H2,1-2H3,(H,31,36)(H,32,37)/t27-/m0/s1. The van der Waals surface area contributed by atoms with Crippen molar-refractivity contribution < 1.29 is 28.8 Å². The van der Waals surface area contributed by atoms with Gasteiger partial charge in [-0.05, 0) is 42.7 Å². The summed E-state index contributed by atoms with van der Waals surface area (Å²) in [6.45, 7) is 3.26. The summed E-state index contributed by atoms with van der Waals surface area (Å²) in [7, 11) is 0. The highest BCUT2D eigenvalue weighted by molar-refractivity contribution is 5.88. The highest BCUT2D eigenvalue weighted by Gasteiger charge is 2.26. The predicted molar refractivity (Wildman–Crippen MR) is 153 cm³/mol. The van der Waals surface area contributed by atoms with Gasteiger partial charge in [-0.15, -0.1) is 0 Å². The van der Waals surface area contributed by atoms with Crippen LogP contribution >= 0.6 is 0 Å². The summed E-state index contributed by atoms with van der Waals surface area (Å²) in [5, 5.41) is 14.4. The van der Waals surface area contributed by atoms with Gasteiger partial charge in [0.15, 0.2) is 0 Å². The molecule has 0 aromatic heterocycles. The van der Waals surface area contributed by atoms with Crippen molar-refractivity contribution in [1.29, 1.82) is 0 Å². The molecule has 1 atom stereocenters. The molecule has 11 nitrogen and oxygen atoms in total. The van der Waals surface area contributed by atoms with E-state index >= 15 is 0 Å². The lowest BCUT2D eigenvalue weighted by Gasteiger charge is -2.26. The van der Waals surface area contributed by atoms with Crippen LogP contribution < -0.4 is 10.7 Å². The molecular formula is C30H40N4O7. The van der Waals surface area contributed by atoms with Gasteiger partial charge >= 0.3 is 6.09 Å². The van der Waals surface area contributed by atoms with Crippen LogP contribution in [-0.4, -0.2) is 52.8 Å². The summed E-state index contributed by atoms with van der Waals surface area (Å²) < 4.78 is 5.42. The second-order valence-electron chi connectivity index (χ2n) is 10.2. The molecule has 0 spiro atoms. The fourth-order valence-electron chi connectivity index (χ4n) is 4.06. The third-order valence-corrected chi connectivity index (χ3v) is 6.16. The number of ketones is 1.